The van der Waals surface area contributed by atoms with Crippen LogP contribution in [0.5, 0.6) is 5.75 Å². The number of benzene rings is 1. The summed E-state index contributed by atoms with van der Waals surface area (Å²) in [4.78, 5) is 11.5. The first kappa shape index (κ1) is 16.8. The van der Waals surface area contributed by atoms with E-state index in [1.165, 1.54) is 11.8 Å². The summed E-state index contributed by atoms with van der Waals surface area (Å²) in [6.45, 7) is 6.57. The smallest absolute Gasteiger partial charge is 0.283 e. The summed E-state index contributed by atoms with van der Waals surface area (Å²) >= 11 is 1.40. The molecule has 0 aliphatic rings. The summed E-state index contributed by atoms with van der Waals surface area (Å²) in [6, 6.07) is 3.37. The molecular formula is C14H21NO4S. The number of nitrogens with zero attached hydrogens (tertiary/aromatic N) is 1. The molecule has 5 nitrogen and oxygen atoms in total. The minimum atomic E-state index is -0.343. The molecule has 0 aliphatic heterocycles. The molecule has 1 aromatic rings. The fourth-order valence-electron chi connectivity index (χ4n) is 1.80. The Hall–Kier alpha value is -1.27. The molecule has 0 radical (unpaired) electrons. The predicted molar refractivity (Wildman–Crippen MR) is 80.9 cm³/mol. The number of rotatable bonds is 6. The van der Waals surface area contributed by atoms with E-state index in [4.69, 9.17) is 9.47 Å². The molecule has 0 amide bonds. The SMILES string of the molecule is COCCSc1cc(OC)c(C(C)(C)C)cc1[N+](=O)[O-]. The molecule has 0 heterocycles. The Labute approximate surface area is 123 Å². The van der Waals surface area contributed by atoms with Gasteiger partial charge in [0.1, 0.15) is 5.75 Å². The van der Waals surface area contributed by atoms with Crippen LogP contribution in [0.3, 0.4) is 0 Å². The van der Waals surface area contributed by atoms with Crippen LogP contribution >= 0.6 is 11.8 Å². The second-order valence-corrected chi connectivity index (χ2v) is 6.51. The first-order chi connectivity index (χ1) is 9.31. The minimum absolute atomic E-state index is 0.122. The fraction of sp³-hybridized carbons (Fsp3) is 0.571. The summed E-state index contributed by atoms with van der Waals surface area (Å²) in [6.07, 6.45) is 0. The normalized spacial score (nSPS) is 11.4. The van der Waals surface area contributed by atoms with Gasteiger partial charge < -0.3 is 9.47 Å². The van der Waals surface area contributed by atoms with E-state index in [1.807, 2.05) is 20.8 Å². The predicted octanol–water partition coefficient (Wildman–Crippen LogP) is 3.64. The van der Waals surface area contributed by atoms with Crippen molar-refractivity contribution in [3.05, 3.63) is 27.8 Å². The summed E-state index contributed by atoms with van der Waals surface area (Å²) in [5.41, 5.74) is 0.742. The molecular weight excluding hydrogens is 278 g/mol. The summed E-state index contributed by atoms with van der Waals surface area (Å²) in [5.74, 6) is 1.35. The molecule has 0 saturated carbocycles. The van der Waals surface area contributed by atoms with Gasteiger partial charge in [-0.05, 0) is 5.41 Å². The molecule has 0 unspecified atom stereocenters. The van der Waals surface area contributed by atoms with Crippen molar-refractivity contribution in [2.75, 3.05) is 26.6 Å². The molecule has 0 N–H and O–H groups in total. The Morgan fingerprint density at radius 3 is 2.40 bits per heavy atom. The molecule has 0 fully saturated rings. The Bertz CT molecular complexity index is 483. The maximum Gasteiger partial charge on any atom is 0.283 e. The zero-order chi connectivity index (χ0) is 15.3. The molecule has 0 aromatic heterocycles. The van der Waals surface area contributed by atoms with E-state index in [1.54, 1.807) is 26.4 Å². The second kappa shape index (κ2) is 6.95. The van der Waals surface area contributed by atoms with E-state index in [0.717, 1.165) is 5.56 Å². The van der Waals surface area contributed by atoms with Crippen LogP contribution in [0.25, 0.3) is 0 Å². The van der Waals surface area contributed by atoms with Crippen LogP contribution in [0.1, 0.15) is 26.3 Å². The summed E-state index contributed by atoms with van der Waals surface area (Å²) in [5, 5.41) is 11.3. The highest BCUT2D eigenvalue weighted by Crippen LogP contribution is 2.40. The first-order valence-corrected chi connectivity index (χ1v) is 7.28. The van der Waals surface area contributed by atoms with Gasteiger partial charge in [0.2, 0.25) is 0 Å². The maximum atomic E-state index is 11.3. The van der Waals surface area contributed by atoms with Gasteiger partial charge in [0.15, 0.2) is 0 Å². The van der Waals surface area contributed by atoms with Crippen molar-refractivity contribution in [3.8, 4) is 5.75 Å². The molecule has 112 valence electrons. The molecule has 0 spiro atoms. The topological polar surface area (TPSA) is 61.6 Å². The van der Waals surface area contributed by atoms with Crippen LogP contribution in [0, 0.1) is 10.1 Å². The van der Waals surface area contributed by atoms with Crippen molar-refractivity contribution >= 4 is 17.4 Å². The van der Waals surface area contributed by atoms with Gasteiger partial charge in [-0.2, -0.15) is 0 Å². The van der Waals surface area contributed by atoms with Crippen molar-refractivity contribution in [1.29, 1.82) is 0 Å². The van der Waals surface area contributed by atoms with Gasteiger partial charge in [-0.25, -0.2) is 0 Å². The van der Waals surface area contributed by atoms with Crippen molar-refractivity contribution in [1.82, 2.24) is 0 Å². The van der Waals surface area contributed by atoms with E-state index < -0.39 is 0 Å². The highest BCUT2D eigenvalue weighted by atomic mass is 32.2. The summed E-state index contributed by atoms with van der Waals surface area (Å²) < 4.78 is 10.4. The van der Waals surface area contributed by atoms with E-state index in [-0.39, 0.29) is 16.0 Å². The molecule has 0 atom stereocenters. The van der Waals surface area contributed by atoms with Gasteiger partial charge in [-0.3, -0.25) is 10.1 Å². The van der Waals surface area contributed by atoms with Crippen molar-refractivity contribution in [2.45, 2.75) is 31.1 Å². The van der Waals surface area contributed by atoms with Gasteiger partial charge >= 0.3 is 0 Å². The highest BCUT2D eigenvalue weighted by Gasteiger charge is 2.25. The molecule has 1 aromatic carbocycles. The lowest BCUT2D eigenvalue weighted by molar-refractivity contribution is -0.387. The third kappa shape index (κ3) is 4.11. The lowest BCUT2D eigenvalue weighted by Gasteiger charge is -2.22. The van der Waals surface area contributed by atoms with Gasteiger partial charge in [-0.15, -0.1) is 11.8 Å². The first-order valence-electron chi connectivity index (χ1n) is 6.30. The minimum Gasteiger partial charge on any atom is -0.496 e. The number of methoxy groups -OCH3 is 2. The van der Waals surface area contributed by atoms with E-state index in [9.17, 15) is 10.1 Å². The van der Waals surface area contributed by atoms with Crippen molar-refractivity contribution < 1.29 is 14.4 Å². The second-order valence-electron chi connectivity index (χ2n) is 5.37. The van der Waals surface area contributed by atoms with Crippen LogP contribution in [-0.2, 0) is 10.2 Å². The third-order valence-electron chi connectivity index (χ3n) is 2.83. The Kier molecular flexibility index (Phi) is 5.83. The lowest BCUT2D eigenvalue weighted by Crippen LogP contribution is -2.13. The quantitative estimate of drug-likeness (QED) is 0.347. The summed E-state index contributed by atoms with van der Waals surface area (Å²) in [7, 11) is 3.19. The molecule has 20 heavy (non-hydrogen) atoms. The third-order valence-corrected chi connectivity index (χ3v) is 3.84. The molecule has 0 aliphatic carbocycles. The van der Waals surface area contributed by atoms with Gasteiger partial charge in [0, 0.05) is 30.6 Å². The van der Waals surface area contributed by atoms with Gasteiger partial charge in [0.25, 0.3) is 5.69 Å². The number of thioether (sulfide) groups is 1. The molecule has 6 heteroatoms. The number of nitro benzene ring substituents is 1. The lowest BCUT2D eigenvalue weighted by atomic mass is 9.86. The zero-order valence-electron chi connectivity index (χ0n) is 12.6. The average Bonchev–Trinajstić information content (AvgIpc) is 2.36. The molecule has 0 bridgehead atoms. The van der Waals surface area contributed by atoms with Gasteiger partial charge in [0.05, 0.1) is 23.5 Å². The molecule has 1 rings (SSSR count). The van der Waals surface area contributed by atoms with E-state index >= 15 is 0 Å². The number of nitro groups is 1. The Morgan fingerprint density at radius 1 is 1.30 bits per heavy atom. The largest absolute Gasteiger partial charge is 0.496 e. The van der Waals surface area contributed by atoms with Gasteiger partial charge in [-0.1, -0.05) is 20.8 Å². The van der Waals surface area contributed by atoms with Crippen LogP contribution in [0.4, 0.5) is 5.69 Å². The fourth-order valence-corrected chi connectivity index (χ4v) is 2.74. The van der Waals surface area contributed by atoms with Crippen LogP contribution < -0.4 is 4.74 Å². The van der Waals surface area contributed by atoms with Crippen LogP contribution in [0.15, 0.2) is 17.0 Å². The van der Waals surface area contributed by atoms with E-state index in [2.05, 4.69) is 0 Å². The molecule has 0 saturated heterocycles. The van der Waals surface area contributed by atoms with E-state index in [0.29, 0.717) is 23.0 Å². The maximum absolute atomic E-state index is 11.3. The standard InChI is InChI=1S/C14H21NO4S/c1-14(2,3)10-8-11(15(16)17)13(9-12(10)19-5)20-7-6-18-4/h8-9H,6-7H2,1-5H3. The monoisotopic (exact) mass is 299 g/mol. The van der Waals surface area contributed by atoms with Crippen molar-refractivity contribution in [3.63, 3.8) is 0 Å². The average molecular weight is 299 g/mol. The van der Waals surface area contributed by atoms with Crippen LogP contribution in [-0.4, -0.2) is 31.5 Å². The highest BCUT2D eigenvalue weighted by molar-refractivity contribution is 7.99. The van der Waals surface area contributed by atoms with Crippen LogP contribution in [0.2, 0.25) is 0 Å². The zero-order valence-corrected chi connectivity index (χ0v) is 13.4. The Morgan fingerprint density at radius 2 is 1.95 bits per heavy atom. The van der Waals surface area contributed by atoms with Crippen molar-refractivity contribution in [2.24, 2.45) is 0 Å². The number of ether oxygens (including phenoxy) is 2. The Balaban J connectivity index is 3.27. The number of hydrogen-bond donors (Lipinski definition) is 0. The number of hydrogen-bond acceptors (Lipinski definition) is 5.